The van der Waals surface area contributed by atoms with Gasteiger partial charge in [-0.1, -0.05) is 38.3 Å². The summed E-state index contributed by atoms with van der Waals surface area (Å²) >= 11 is 0. The quantitative estimate of drug-likeness (QED) is 0.856. The lowest BCUT2D eigenvalue weighted by Gasteiger charge is -2.36. The zero-order chi connectivity index (χ0) is 20.4. The van der Waals surface area contributed by atoms with Gasteiger partial charge in [0.2, 0.25) is 0 Å². The molecule has 1 aromatic rings. The van der Waals surface area contributed by atoms with Crippen molar-refractivity contribution in [1.82, 2.24) is 15.1 Å². The number of carbonyl (C=O) groups excluding carboxylic acids is 1. The fourth-order valence-corrected chi connectivity index (χ4v) is 3.75. The van der Waals surface area contributed by atoms with E-state index >= 15 is 0 Å². The standard InChI is InChI=1S/C13H20N2O.C9H18N2O/c1-3-14-8-10-15(11-9-14)12-6-4-5-7-13(12)16-2;1-11(2)9(12)10-8-6-4-3-5-7-8/h4-7H,3,8-11H2,1-2H3;8H,3-7H2,1-2H3,(H,10,12). The highest BCUT2D eigenvalue weighted by Gasteiger charge is 2.18. The molecule has 1 N–H and O–H groups in total. The number of methoxy groups -OCH3 is 1. The summed E-state index contributed by atoms with van der Waals surface area (Å²) in [5.41, 5.74) is 1.22. The van der Waals surface area contributed by atoms with Crippen LogP contribution in [0.2, 0.25) is 0 Å². The Morgan fingerprint density at radius 2 is 1.75 bits per heavy atom. The van der Waals surface area contributed by atoms with Gasteiger partial charge in [-0.05, 0) is 31.5 Å². The maximum atomic E-state index is 11.2. The van der Waals surface area contributed by atoms with Gasteiger partial charge in [0.15, 0.2) is 0 Å². The molecule has 158 valence electrons. The lowest BCUT2D eigenvalue weighted by Crippen LogP contribution is -2.46. The van der Waals surface area contributed by atoms with E-state index in [2.05, 4.69) is 34.2 Å². The van der Waals surface area contributed by atoms with Crippen LogP contribution in [0.5, 0.6) is 5.75 Å². The molecule has 28 heavy (non-hydrogen) atoms. The Balaban J connectivity index is 0.000000209. The predicted molar refractivity (Wildman–Crippen MR) is 116 cm³/mol. The molecule has 1 aliphatic carbocycles. The average molecular weight is 391 g/mol. The molecule has 0 bridgehead atoms. The minimum Gasteiger partial charge on any atom is -0.495 e. The summed E-state index contributed by atoms with van der Waals surface area (Å²) in [4.78, 5) is 17.7. The number of amides is 2. The van der Waals surface area contributed by atoms with Crippen molar-refractivity contribution < 1.29 is 9.53 Å². The number of para-hydroxylation sites is 2. The van der Waals surface area contributed by atoms with Crippen molar-refractivity contribution >= 4 is 11.7 Å². The SMILES string of the molecule is CCN1CCN(c2ccccc2OC)CC1.CN(C)C(=O)NC1CCCCC1. The lowest BCUT2D eigenvalue weighted by atomic mass is 9.96. The largest absolute Gasteiger partial charge is 0.495 e. The summed E-state index contributed by atoms with van der Waals surface area (Å²) in [5, 5.41) is 3.01. The van der Waals surface area contributed by atoms with Crippen LogP contribution in [0, 0.1) is 0 Å². The number of nitrogens with zero attached hydrogens (tertiary/aromatic N) is 3. The Morgan fingerprint density at radius 1 is 1.11 bits per heavy atom. The van der Waals surface area contributed by atoms with Gasteiger partial charge < -0.3 is 24.8 Å². The Morgan fingerprint density at radius 3 is 2.32 bits per heavy atom. The number of likely N-dealkylation sites (N-methyl/N-ethyl adjacent to an activating group) is 1. The molecule has 1 saturated carbocycles. The van der Waals surface area contributed by atoms with E-state index in [1.165, 1.54) is 24.9 Å². The molecule has 1 saturated heterocycles. The van der Waals surface area contributed by atoms with Crippen LogP contribution in [0.25, 0.3) is 0 Å². The normalized spacial score (nSPS) is 18.1. The minimum atomic E-state index is 0.0434. The van der Waals surface area contributed by atoms with E-state index < -0.39 is 0 Å². The molecule has 3 rings (SSSR count). The van der Waals surface area contributed by atoms with Crippen molar-refractivity contribution in [3.63, 3.8) is 0 Å². The van der Waals surface area contributed by atoms with E-state index in [0.29, 0.717) is 6.04 Å². The van der Waals surface area contributed by atoms with Gasteiger partial charge >= 0.3 is 6.03 Å². The number of carbonyl (C=O) groups is 1. The molecular weight excluding hydrogens is 352 g/mol. The highest BCUT2D eigenvalue weighted by Crippen LogP contribution is 2.28. The van der Waals surface area contributed by atoms with E-state index in [-0.39, 0.29) is 6.03 Å². The summed E-state index contributed by atoms with van der Waals surface area (Å²) in [6, 6.07) is 8.73. The first-order valence-corrected chi connectivity index (χ1v) is 10.6. The van der Waals surface area contributed by atoms with Crippen LogP contribution < -0.4 is 15.0 Å². The van der Waals surface area contributed by atoms with Gasteiger partial charge in [0.05, 0.1) is 12.8 Å². The van der Waals surface area contributed by atoms with Crippen LogP contribution in [0.15, 0.2) is 24.3 Å². The van der Waals surface area contributed by atoms with E-state index in [4.69, 9.17) is 4.74 Å². The summed E-state index contributed by atoms with van der Waals surface area (Å²) < 4.78 is 5.40. The van der Waals surface area contributed by atoms with Gasteiger partial charge in [0.25, 0.3) is 0 Å². The number of benzene rings is 1. The number of ether oxygens (including phenoxy) is 1. The van der Waals surface area contributed by atoms with E-state index in [1.807, 2.05) is 12.1 Å². The first-order chi connectivity index (χ1) is 13.5. The van der Waals surface area contributed by atoms with Crippen LogP contribution in [0.3, 0.4) is 0 Å². The van der Waals surface area contributed by atoms with Crippen molar-refractivity contribution in [2.75, 3.05) is 58.8 Å². The van der Waals surface area contributed by atoms with Gasteiger partial charge in [-0.3, -0.25) is 0 Å². The topological polar surface area (TPSA) is 48.1 Å². The Kier molecular flexibility index (Phi) is 9.41. The van der Waals surface area contributed by atoms with Crippen molar-refractivity contribution in [1.29, 1.82) is 0 Å². The van der Waals surface area contributed by atoms with Crippen LogP contribution in [0.1, 0.15) is 39.0 Å². The number of nitrogens with one attached hydrogen (secondary N) is 1. The molecule has 6 nitrogen and oxygen atoms in total. The highest BCUT2D eigenvalue weighted by atomic mass is 16.5. The number of anilines is 1. The number of piperazine rings is 1. The maximum Gasteiger partial charge on any atom is 0.317 e. The molecule has 2 amide bonds. The fourth-order valence-electron chi connectivity index (χ4n) is 3.75. The second kappa shape index (κ2) is 11.8. The Labute approximate surface area is 170 Å². The van der Waals surface area contributed by atoms with E-state index in [0.717, 1.165) is 51.3 Å². The molecule has 1 heterocycles. The predicted octanol–water partition coefficient (Wildman–Crippen LogP) is 3.43. The number of hydrogen-bond acceptors (Lipinski definition) is 4. The zero-order valence-corrected chi connectivity index (χ0v) is 18.1. The summed E-state index contributed by atoms with van der Waals surface area (Å²) in [5.74, 6) is 0.979. The third kappa shape index (κ3) is 6.89. The van der Waals surface area contributed by atoms with Gasteiger partial charge in [0, 0.05) is 46.3 Å². The van der Waals surface area contributed by atoms with Crippen molar-refractivity contribution in [3.05, 3.63) is 24.3 Å². The molecule has 0 spiro atoms. The van der Waals surface area contributed by atoms with Gasteiger partial charge in [-0.25, -0.2) is 4.79 Å². The average Bonchev–Trinajstić information content (AvgIpc) is 2.75. The number of urea groups is 1. The smallest absolute Gasteiger partial charge is 0.317 e. The highest BCUT2D eigenvalue weighted by molar-refractivity contribution is 5.73. The summed E-state index contributed by atoms with van der Waals surface area (Å²) in [6.07, 6.45) is 6.16. The Bertz CT molecular complexity index is 580. The molecule has 2 aliphatic rings. The summed E-state index contributed by atoms with van der Waals surface area (Å²) in [6.45, 7) is 7.85. The van der Waals surface area contributed by atoms with Crippen molar-refractivity contribution in [3.8, 4) is 5.75 Å². The van der Waals surface area contributed by atoms with Gasteiger partial charge in [0.1, 0.15) is 5.75 Å². The monoisotopic (exact) mass is 390 g/mol. The molecule has 1 aliphatic heterocycles. The molecule has 0 unspecified atom stereocenters. The molecule has 0 radical (unpaired) electrons. The Hall–Kier alpha value is -1.95. The minimum absolute atomic E-state index is 0.0434. The van der Waals surface area contributed by atoms with Crippen LogP contribution in [-0.2, 0) is 0 Å². The van der Waals surface area contributed by atoms with Gasteiger partial charge in [-0.2, -0.15) is 0 Å². The first-order valence-electron chi connectivity index (χ1n) is 10.6. The number of rotatable bonds is 4. The zero-order valence-electron chi connectivity index (χ0n) is 18.1. The second-order valence-electron chi connectivity index (χ2n) is 7.77. The fraction of sp³-hybridized carbons (Fsp3) is 0.682. The molecule has 0 atom stereocenters. The third-order valence-electron chi connectivity index (χ3n) is 5.58. The van der Waals surface area contributed by atoms with Crippen molar-refractivity contribution in [2.24, 2.45) is 0 Å². The number of hydrogen-bond donors (Lipinski definition) is 1. The molecule has 2 fully saturated rings. The lowest BCUT2D eigenvalue weighted by molar-refractivity contribution is 0.209. The maximum absolute atomic E-state index is 11.2. The second-order valence-corrected chi connectivity index (χ2v) is 7.77. The molecule has 0 aromatic heterocycles. The summed E-state index contributed by atoms with van der Waals surface area (Å²) in [7, 11) is 5.29. The third-order valence-corrected chi connectivity index (χ3v) is 5.58. The first kappa shape index (κ1) is 22.3. The van der Waals surface area contributed by atoms with Gasteiger partial charge in [-0.15, -0.1) is 0 Å². The van der Waals surface area contributed by atoms with E-state index in [9.17, 15) is 4.79 Å². The van der Waals surface area contributed by atoms with E-state index in [1.54, 1.807) is 26.1 Å². The van der Waals surface area contributed by atoms with Crippen LogP contribution >= 0.6 is 0 Å². The molecular formula is C22H38N4O2. The van der Waals surface area contributed by atoms with Crippen molar-refractivity contribution in [2.45, 2.75) is 45.1 Å². The molecule has 6 heteroatoms. The molecule has 1 aromatic carbocycles. The van der Waals surface area contributed by atoms with Crippen LogP contribution in [0.4, 0.5) is 10.5 Å². The van der Waals surface area contributed by atoms with Crippen LogP contribution in [-0.4, -0.2) is 75.8 Å².